The molecule has 0 fully saturated rings. The number of anilines is 1. The van der Waals surface area contributed by atoms with Crippen molar-refractivity contribution in [2.24, 2.45) is 5.14 Å². The van der Waals surface area contributed by atoms with Crippen molar-refractivity contribution in [1.82, 2.24) is 0 Å². The van der Waals surface area contributed by atoms with Crippen LogP contribution in [0.2, 0.25) is 0 Å². The number of aliphatic hydroxyl groups is 1. The Morgan fingerprint density at radius 3 is 2.25 bits per heavy atom. The lowest BCUT2D eigenvalue weighted by Gasteiger charge is -2.20. The molecule has 1 unspecified atom stereocenters. The van der Waals surface area contributed by atoms with Crippen molar-refractivity contribution in [2.75, 3.05) is 18.5 Å². The molecule has 1 aromatic carbocycles. The Balaban J connectivity index is 2.87. The van der Waals surface area contributed by atoms with Gasteiger partial charge in [0.1, 0.15) is 0 Å². The maximum Gasteiger partial charge on any atom is 0.238 e. The van der Waals surface area contributed by atoms with Crippen LogP contribution in [0.4, 0.5) is 5.69 Å². The Kier molecular flexibility index (Phi) is 3.90. The second-order valence-electron chi connectivity index (χ2n) is 3.77. The number of aliphatic hydroxyl groups excluding tert-OH is 1. The number of benzene rings is 1. The maximum atomic E-state index is 11.0. The van der Waals surface area contributed by atoms with Gasteiger partial charge in [-0.2, -0.15) is 0 Å². The molecule has 1 aromatic rings. The second-order valence-corrected chi connectivity index (χ2v) is 5.33. The molecule has 0 saturated heterocycles. The van der Waals surface area contributed by atoms with E-state index in [0.717, 1.165) is 5.69 Å². The Morgan fingerprint density at radius 1 is 1.38 bits per heavy atom. The quantitative estimate of drug-likeness (QED) is 0.789. The van der Waals surface area contributed by atoms with Crippen LogP contribution in [0.15, 0.2) is 29.2 Å². The Bertz CT molecular complexity index is 440. The van der Waals surface area contributed by atoms with Crippen LogP contribution in [0.3, 0.4) is 0 Å². The largest absolute Gasteiger partial charge is 0.392 e. The number of primary sulfonamides is 1. The van der Waals surface area contributed by atoms with Crippen LogP contribution < -0.4 is 10.0 Å². The highest BCUT2D eigenvalue weighted by Crippen LogP contribution is 2.16. The van der Waals surface area contributed by atoms with Crippen molar-refractivity contribution in [3.8, 4) is 0 Å². The molecular formula is C10H16N2O3S. The summed E-state index contributed by atoms with van der Waals surface area (Å²) in [6, 6.07) is 6.21. The summed E-state index contributed by atoms with van der Waals surface area (Å²) in [4.78, 5) is 1.92. The highest BCUT2D eigenvalue weighted by atomic mass is 32.2. The second kappa shape index (κ2) is 4.82. The molecular weight excluding hydrogens is 228 g/mol. The Hall–Kier alpha value is -1.11. The van der Waals surface area contributed by atoms with E-state index in [4.69, 9.17) is 5.14 Å². The first kappa shape index (κ1) is 13.0. The smallest absolute Gasteiger partial charge is 0.238 e. The van der Waals surface area contributed by atoms with Gasteiger partial charge in [0.15, 0.2) is 0 Å². The molecule has 0 aliphatic carbocycles. The molecule has 16 heavy (non-hydrogen) atoms. The number of hydrogen-bond donors (Lipinski definition) is 2. The first-order valence-corrected chi connectivity index (χ1v) is 6.37. The van der Waals surface area contributed by atoms with E-state index in [1.807, 2.05) is 11.9 Å². The highest BCUT2D eigenvalue weighted by Gasteiger charge is 2.09. The normalized spacial score (nSPS) is 13.5. The van der Waals surface area contributed by atoms with Crippen molar-refractivity contribution >= 4 is 15.7 Å². The maximum absolute atomic E-state index is 11.0. The van der Waals surface area contributed by atoms with E-state index < -0.39 is 16.1 Å². The summed E-state index contributed by atoms with van der Waals surface area (Å²) in [6.45, 7) is 2.17. The third kappa shape index (κ3) is 3.48. The van der Waals surface area contributed by atoms with Crippen LogP contribution in [0, 0.1) is 0 Å². The highest BCUT2D eigenvalue weighted by molar-refractivity contribution is 7.89. The number of likely N-dealkylation sites (N-methyl/N-ethyl adjacent to an activating group) is 1. The van der Waals surface area contributed by atoms with E-state index in [2.05, 4.69) is 0 Å². The van der Waals surface area contributed by atoms with Gasteiger partial charge >= 0.3 is 0 Å². The zero-order valence-corrected chi connectivity index (χ0v) is 10.1. The van der Waals surface area contributed by atoms with Gasteiger partial charge in [-0.3, -0.25) is 0 Å². The molecule has 0 radical (unpaired) electrons. The average Bonchev–Trinajstić information content (AvgIpc) is 2.15. The van der Waals surface area contributed by atoms with Crippen LogP contribution >= 0.6 is 0 Å². The molecule has 90 valence electrons. The molecule has 3 N–H and O–H groups in total. The minimum Gasteiger partial charge on any atom is -0.392 e. The summed E-state index contributed by atoms with van der Waals surface area (Å²) in [5.41, 5.74) is 0.827. The molecule has 0 heterocycles. The van der Waals surface area contributed by atoms with Gasteiger partial charge in [0, 0.05) is 19.3 Å². The summed E-state index contributed by atoms with van der Waals surface area (Å²) >= 11 is 0. The third-order valence-electron chi connectivity index (χ3n) is 2.14. The zero-order chi connectivity index (χ0) is 12.3. The molecule has 0 bridgehead atoms. The van der Waals surface area contributed by atoms with Gasteiger partial charge in [0.25, 0.3) is 0 Å². The minimum atomic E-state index is -3.64. The Morgan fingerprint density at radius 2 is 1.88 bits per heavy atom. The van der Waals surface area contributed by atoms with Crippen LogP contribution in [0.25, 0.3) is 0 Å². The van der Waals surface area contributed by atoms with Crippen molar-refractivity contribution in [2.45, 2.75) is 17.9 Å². The molecule has 6 heteroatoms. The van der Waals surface area contributed by atoms with Crippen LogP contribution in [0.1, 0.15) is 6.92 Å². The number of sulfonamides is 1. The van der Waals surface area contributed by atoms with Crippen molar-refractivity contribution < 1.29 is 13.5 Å². The molecule has 0 aliphatic heterocycles. The summed E-state index contributed by atoms with van der Waals surface area (Å²) in [5.74, 6) is 0. The fraction of sp³-hybridized carbons (Fsp3) is 0.400. The summed E-state index contributed by atoms with van der Waals surface area (Å²) in [6.07, 6.45) is -0.442. The van der Waals surface area contributed by atoms with Crippen molar-refractivity contribution in [1.29, 1.82) is 0 Å². The van der Waals surface area contributed by atoms with Gasteiger partial charge in [-0.05, 0) is 31.2 Å². The topological polar surface area (TPSA) is 83.6 Å². The van der Waals surface area contributed by atoms with Gasteiger partial charge < -0.3 is 10.0 Å². The van der Waals surface area contributed by atoms with E-state index in [1.54, 1.807) is 19.1 Å². The van der Waals surface area contributed by atoms with E-state index >= 15 is 0 Å². The van der Waals surface area contributed by atoms with E-state index in [-0.39, 0.29) is 4.90 Å². The predicted molar refractivity (Wildman–Crippen MR) is 62.8 cm³/mol. The number of nitrogens with zero attached hydrogens (tertiary/aromatic N) is 1. The molecule has 0 amide bonds. The van der Waals surface area contributed by atoms with Gasteiger partial charge in [-0.1, -0.05) is 0 Å². The molecule has 0 saturated carbocycles. The van der Waals surface area contributed by atoms with E-state index in [1.165, 1.54) is 12.1 Å². The summed E-state index contributed by atoms with van der Waals surface area (Å²) < 4.78 is 22.0. The first-order valence-electron chi connectivity index (χ1n) is 4.83. The van der Waals surface area contributed by atoms with Crippen molar-refractivity contribution in [3.63, 3.8) is 0 Å². The monoisotopic (exact) mass is 244 g/mol. The van der Waals surface area contributed by atoms with Gasteiger partial charge in [0.05, 0.1) is 11.0 Å². The SMILES string of the molecule is CC(O)CN(C)c1ccc(S(N)(=O)=O)cc1. The van der Waals surface area contributed by atoms with Crippen LogP contribution in [0.5, 0.6) is 0 Å². The first-order chi connectivity index (χ1) is 7.30. The summed E-state index contributed by atoms with van der Waals surface area (Å²) in [7, 11) is -1.82. The van der Waals surface area contributed by atoms with Crippen LogP contribution in [-0.4, -0.2) is 33.2 Å². The molecule has 5 nitrogen and oxygen atoms in total. The minimum absolute atomic E-state index is 0.0849. The molecule has 1 atom stereocenters. The number of hydrogen-bond acceptors (Lipinski definition) is 4. The van der Waals surface area contributed by atoms with E-state index in [9.17, 15) is 13.5 Å². The van der Waals surface area contributed by atoms with Crippen molar-refractivity contribution in [3.05, 3.63) is 24.3 Å². The Labute approximate surface area is 95.5 Å². The van der Waals surface area contributed by atoms with Gasteiger partial charge in [-0.25, -0.2) is 13.6 Å². The fourth-order valence-corrected chi connectivity index (χ4v) is 1.91. The lowest BCUT2D eigenvalue weighted by molar-refractivity contribution is 0.201. The average molecular weight is 244 g/mol. The fourth-order valence-electron chi connectivity index (χ4n) is 1.39. The molecule has 0 aliphatic rings. The van der Waals surface area contributed by atoms with Gasteiger partial charge in [-0.15, -0.1) is 0 Å². The lowest BCUT2D eigenvalue weighted by atomic mass is 10.3. The number of rotatable bonds is 4. The van der Waals surface area contributed by atoms with Gasteiger partial charge in [0.2, 0.25) is 10.0 Å². The molecule has 0 spiro atoms. The number of nitrogens with two attached hydrogens (primary N) is 1. The lowest BCUT2D eigenvalue weighted by Crippen LogP contribution is -2.26. The zero-order valence-electron chi connectivity index (χ0n) is 9.29. The molecule has 0 aromatic heterocycles. The predicted octanol–water partition coefficient (Wildman–Crippen LogP) is 0.151. The third-order valence-corrected chi connectivity index (χ3v) is 3.07. The van der Waals surface area contributed by atoms with Crippen LogP contribution in [-0.2, 0) is 10.0 Å². The standard InChI is InChI=1S/C10H16N2O3S/c1-8(13)7-12(2)9-3-5-10(6-4-9)16(11,14)15/h3-6,8,13H,7H2,1-2H3,(H2,11,14,15). The molecule has 1 rings (SSSR count). The van der Waals surface area contributed by atoms with E-state index in [0.29, 0.717) is 6.54 Å². The summed E-state index contributed by atoms with van der Waals surface area (Å²) in [5, 5.41) is 14.2.